The van der Waals surface area contributed by atoms with E-state index < -0.39 is 0 Å². The molecule has 0 fully saturated rings. The molecule has 0 aromatic heterocycles. The summed E-state index contributed by atoms with van der Waals surface area (Å²) in [7, 11) is 0. The van der Waals surface area contributed by atoms with Gasteiger partial charge in [0.05, 0.1) is 6.07 Å². The lowest BCUT2D eigenvalue weighted by Gasteiger charge is -2.18. The van der Waals surface area contributed by atoms with Crippen LogP contribution in [0.1, 0.15) is 33.6 Å². The Bertz CT molecular complexity index is 183. The second kappa shape index (κ2) is 5.59. The van der Waals surface area contributed by atoms with Crippen LogP contribution in [0.2, 0.25) is 0 Å². The summed E-state index contributed by atoms with van der Waals surface area (Å²) in [6.45, 7) is 6.12. The zero-order valence-electron chi connectivity index (χ0n) is 7.92. The summed E-state index contributed by atoms with van der Waals surface area (Å²) in [5, 5.41) is 11.0. The molecule has 3 heteroatoms. The van der Waals surface area contributed by atoms with Gasteiger partial charge < -0.3 is 5.32 Å². The van der Waals surface area contributed by atoms with Crippen molar-refractivity contribution in [3.05, 3.63) is 0 Å². The molecule has 0 aliphatic heterocycles. The second-order valence-corrected chi connectivity index (χ2v) is 3.08. The smallest absolute Gasteiger partial charge is 0.234 e. The quantitative estimate of drug-likeness (QED) is 0.690. The summed E-state index contributed by atoms with van der Waals surface area (Å²) < 4.78 is 0. The minimum atomic E-state index is -0.176. The van der Waals surface area contributed by atoms with Crippen molar-refractivity contribution < 1.29 is 4.79 Å². The number of rotatable bonds is 4. The minimum absolute atomic E-state index is 0.0409. The lowest BCUT2D eigenvalue weighted by atomic mass is 10.0. The van der Waals surface area contributed by atoms with E-state index in [-0.39, 0.29) is 18.4 Å². The van der Waals surface area contributed by atoms with Crippen LogP contribution in [0.4, 0.5) is 0 Å². The maximum absolute atomic E-state index is 10.9. The topological polar surface area (TPSA) is 52.9 Å². The number of hydrogen-bond donors (Lipinski definition) is 1. The van der Waals surface area contributed by atoms with E-state index in [2.05, 4.69) is 19.2 Å². The van der Waals surface area contributed by atoms with Crippen LogP contribution in [0.15, 0.2) is 0 Å². The molecular formula is C9H16N2O. The molecule has 0 aliphatic carbocycles. The normalized spacial score (nSPS) is 14.5. The molecule has 2 unspecified atom stereocenters. The molecule has 3 nitrogen and oxygen atoms in total. The van der Waals surface area contributed by atoms with Crippen LogP contribution in [-0.4, -0.2) is 11.9 Å². The highest BCUT2D eigenvalue weighted by atomic mass is 16.1. The number of hydrogen-bond acceptors (Lipinski definition) is 2. The van der Waals surface area contributed by atoms with Crippen LogP contribution >= 0.6 is 0 Å². The summed E-state index contributed by atoms with van der Waals surface area (Å²) in [6, 6.07) is 1.98. The van der Waals surface area contributed by atoms with Gasteiger partial charge in [-0.2, -0.15) is 5.26 Å². The Morgan fingerprint density at radius 3 is 2.58 bits per heavy atom. The number of nitriles is 1. The van der Waals surface area contributed by atoms with Gasteiger partial charge in [0.2, 0.25) is 5.91 Å². The van der Waals surface area contributed by atoms with Crippen LogP contribution in [0.3, 0.4) is 0 Å². The first-order valence-corrected chi connectivity index (χ1v) is 4.28. The Hall–Kier alpha value is -1.04. The molecule has 0 aromatic rings. The molecule has 0 saturated carbocycles. The van der Waals surface area contributed by atoms with Gasteiger partial charge in [0.25, 0.3) is 0 Å². The molecule has 12 heavy (non-hydrogen) atoms. The van der Waals surface area contributed by atoms with Gasteiger partial charge in [-0.05, 0) is 12.8 Å². The van der Waals surface area contributed by atoms with Crippen LogP contribution in [0, 0.1) is 17.2 Å². The molecule has 0 aliphatic rings. The number of carbonyl (C=O) groups is 1. The molecule has 0 saturated heterocycles. The highest BCUT2D eigenvalue weighted by molar-refractivity contribution is 5.78. The van der Waals surface area contributed by atoms with E-state index in [1.165, 1.54) is 0 Å². The fourth-order valence-corrected chi connectivity index (χ4v) is 0.873. The van der Waals surface area contributed by atoms with Gasteiger partial charge in [0, 0.05) is 6.04 Å². The molecule has 1 N–H and O–H groups in total. The van der Waals surface area contributed by atoms with Gasteiger partial charge in [-0.15, -0.1) is 0 Å². The molecule has 1 amide bonds. The molecule has 0 radical (unpaired) electrons. The average molecular weight is 168 g/mol. The molecular weight excluding hydrogens is 152 g/mol. The first kappa shape index (κ1) is 11.0. The molecule has 68 valence electrons. The van der Waals surface area contributed by atoms with E-state index in [4.69, 9.17) is 5.26 Å². The molecule has 0 heterocycles. The fourth-order valence-electron chi connectivity index (χ4n) is 0.873. The standard InChI is InChI=1S/C9H16N2O/c1-4-7(2)8(3)11-9(12)5-6-10/h7-8H,4-5H2,1-3H3,(H,11,12). The van der Waals surface area contributed by atoms with Crippen molar-refractivity contribution >= 4 is 5.91 Å². The van der Waals surface area contributed by atoms with Gasteiger partial charge in [-0.25, -0.2) is 0 Å². The predicted molar refractivity (Wildman–Crippen MR) is 47.3 cm³/mol. The van der Waals surface area contributed by atoms with Crippen molar-refractivity contribution in [3.63, 3.8) is 0 Å². The van der Waals surface area contributed by atoms with Crippen molar-refractivity contribution in [3.8, 4) is 6.07 Å². The maximum Gasteiger partial charge on any atom is 0.234 e. The highest BCUT2D eigenvalue weighted by Crippen LogP contribution is 2.06. The Morgan fingerprint density at radius 1 is 1.58 bits per heavy atom. The van der Waals surface area contributed by atoms with E-state index in [1.807, 2.05) is 13.0 Å². The summed E-state index contributed by atoms with van der Waals surface area (Å²) in [4.78, 5) is 10.9. The zero-order valence-corrected chi connectivity index (χ0v) is 7.92. The Balaban J connectivity index is 3.77. The van der Waals surface area contributed by atoms with Gasteiger partial charge >= 0.3 is 0 Å². The first-order chi connectivity index (χ1) is 5.61. The third-order valence-corrected chi connectivity index (χ3v) is 2.13. The van der Waals surface area contributed by atoms with Gasteiger partial charge in [0.15, 0.2) is 0 Å². The third kappa shape index (κ3) is 3.97. The lowest BCUT2D eigenvalue weighted by molar-refractivity contribution is -0.121. The number of amides is 1. The Kier molecular flexibility index (Phi) is 5.11. The largest absolute Gasteiger partial charge is 0.352 e. The van der Waals surface area contributed by atoms with Gasteiger partial charge in [-0.1, -0.05) is 20.3 Å². The Morgan fingerprint density at radius 2 is 2.17 bits per heavy atom. The van der Waals surface area contributed by atoms with Crippen LogP contribution in [0.25, 0.3) is 0 Å². The average Bonchev–Trinajstić information content (AvgIpc) is 2.03. The van der Waals surface area contributed by atoms with Crippen molar-refractivity contribution in [2.24, 2.45) is 5.92 Å². The maximum atomic E-state index is 10.9. The number of nitrogens with zero attached hydrogens (tertiary/aromatic N) is 1. The summed E-state index contributed by atoms with van der Waals surface area (Å²) in [5.41, 5.74) is 0. The van der Waals surface area contributed by atoms with Crippen LogP contribution in [0.5, 0.6) is 0 Å². The number of nitrogens with one attached hydrogen (secondary N) is 1. The Labute approximate surface area is 73.8 Å². The molecule has 0 bridgehead atoms. The van der Waals surface area contributed by atoms with Crippen molar-refractivity contribution in [2.45, 2.75) is 39.7 Å². The van der Waals surface area contributed by atoms with Crippen LogP contribution < -0.4 is 5.32 Å². The first-order valence-electron chi connectivity index (χ1n) is 4.28. The second-order valence-electron chi connectivity index (χ2n) is 3.08. The molecule has 0 rings (SSSR count). The third-order valence-electron chi connectivity index (χ3n) is 2.13. The van der Waals surface area contributed by atoms with E-state index >= 15 is 0 Å². The molecule has 0 spiro atoms. The summed E-state index contributed by atoms with van der Waals surface area (Å²) in [6.07, 6.45) is 0.995. The fraction of sp³-hybridized carbons (Fsp3) is 0.778. The predicted octanol–water partition coefficient (Wildman–Crippen LogP) is 1.45. The highest BCUT2D eigenvalue weighted by Gasteiger charge is 2.11. The van der Waals surface area contributed by atoms with Crippen molar-refractivity contribution in [2.75, 3.05) is 0 Å². The SMILES string of the molecule is CCC(C)C(C)NC(=O)CC#N. The van der Waals surface area contributed by atoms with Crippen molar-refractivity contribution in [1.29, 1.82) is 5.26 Å². The van der Waals surface area contributed by atoms with Gasteiger partial charge in [0.1, 0.15) is 6.42 Å². The minimum Gasteiger partial charge on any atom is -0.352 e. The monoisotopic (exact) mass is 168 g/mol. The summed E-state index contributed by atoms with van der Waals surface area (Å²) >= 11 is 0. The van der Waals surface area contributed by atoms with E-state index in [0.717, 1.165) is 6.42 Å². The molecule has 0 aromatic carbocycles. The summed E-state index contributed by atoms with van der Waals surface area (Å²) in [5.74, 6) is 0.290. The van der Waals surface area contributed by atoms with Crippen molar-refractivity contribution in [1.82, 2.24) is 5.32 Å². The zero-order chi connectivity index (χ0) is 9.56. The molecule has 2 atom stereocenters. The number of carbonyl (C=O) groups excluding carboxylic acids is 1. The van der Waals surface area contributed by atoms with E-state index in [1.54, 1.807) is 0 Å². The van der Waals surface area contributed by atoms with Gasteiger partial charge in [-0.3, -0.25) is 4.79 Å². The lowest BCUT2D eigenvalue weighted by Crippen LogP contribution is -2.36. The van der Waals surface area contributed by atoms with E-state index in [0.29, 0.717) is 5.92 Å². The van der Waals surface area contributed by atoms with Crippen LogP contribution in [-0.2, 0) is 4.79 Å². The van der Waals surface area contributed by atoms with E-state index in [9.17, 15) is 4.79 Å².